The molecule has 0 amide bonds. The van der Waals surface area contributed by atoms with E-state index < -0.39 is 10.0 Å². The minimum absolute atomic E-state index is 0.142. The van der Waals surface area contributed by atoms with Crippen molar-refractivity contribution in [1.82, 2.24) is 4.31 Å². The predicted octanol–water partition coefficient (Wildman–Crippen LogP) is 2.23. The summed E-state index contributed by atoms with van der Waals surface area (Å²) in [6.45, 7) is 0. The molecule has 0 spiro atoms. The Hall–Kier alpha value is -1.27. The van der Waals surface area contributed by atoms with Gasteiger partial charge in [-0.1, -0.05) is 6.42 Å². The quantitative estimate of drug-likeness (QED) is 0.865. The SMILES string of the molecule is CN(C)S(=O)(=O)c1ccc(N)c(OC2CCCCC2)c1. The fraction of sp³-hybridized carbons (Fsp3) is 0.571. The monoisotopic (exact) mass is 298 g/mol. The van der Waals surface area contributed by atoms with Gasteiger partial charge in [0.15, 0.2) is 0 Å². The zero-order valence-corrected chi connectivity index (χ0v) is 12.8. The summed E-state index contributed by atoms with van der Waals surface area (Å²) < 4.78 is 31.3. The highest BCUT2D eigenvalue weighted by atomic mass is 32.2. The number of sulfonamides is 1. The molecule has 0 heterocycles. The molecule has 1 aromatic rings. The van der Waals surface area contributed by atoms with Crippen LogP contribution in [0.3, 0.4) is 0 Å². The van der Waals surface area contributed by atoms with Crippen LogP contribution in [0.4, 0.5) is 5.69 Å². The van der Waals surface area contributed by atoms with Gasteiger partial charge in [0.1, 0.15) is 5.75 Å². The van der Waals surface area contributed by atoms with Gasteiger partial charge >= 0.3 is 0 Å². The first-order valence-corrected chi connectivity index (χ1v) is 8.34. The molecule has 2 rings (SSSR count). The Kier molecular flexibility index (Phi) is 4.55. The standard InChI is InChI=1S/C14H22N2O3S/c1-16(2)20(17,18)12-8-9-13(15)14(10-12)19-11-6-4-3-5-7-11/h8-11H,3-7,15H2,1-2H3. The van der Waals surface area contributed by atoms with Gasteiger partial charge in [-0.15, -0.1) is 0 Å². The van der Waals surface area contributed by atoms with Crippen LogP contribution in [0.15, 0.2) is 23.1 Å². The van der Waals surface area contributed by atoms with Crippen LogP contribution in [0.25, 0.3) is 0 Å². The van der Waals surface area contributed by atoms with Crippen LogP contribution in [0, 0.1) is 0 Å². The van der Waals surface area contributed by atoms with Crippen LogP contribution in [0.5, 0.6) is 5.75 Å². The molecule has 1 aliphatic carbocycles. The Labute approximate surface area is 120 Å². The molecule has 1 aliphatic rings. The second-order valence-corrected chi connectivity index (χ2v) is 7.52. The molecule has 1 saturated carbocycles. The Balaban J connectivity index is 2.25. The molecule has 1 aromatic carbocycles. The number of rotatable bonds is 4. The molecule has 6 heteroatoms. The number of ether oxygens (including phenoxy) is 1. The topological polar surface area (TPSA) is 72.6 Å². The molecule has 0 saturated heterocycles. The highest BCUT2D eigenvalue weighted by molar-refractivity contribution is 7.89. The highest BCUT2D eigenvalue weighted by Gasteiger charge is 2.21. The zero-order valence-electron chi connectivity index (χ0n) is 12.0. The lowest BCUT2D eigenvalue weighted by atomic mass is 9.98. The van der Waals surface area contributed by atoms with Crippen LogP contribution in [0.1, 0.15) is 32.1 Å². The van der Waals surface area contributed by atoms with Crippen molar-refractivity contribution < 1.29 is 13.2 Å². The summed E-state index contributed by atoms with van der Waals surface area (Å²) in [4.78, 5) is 0.211. The first-order chi connectivity index (χ1) is 9.41. The number of hydrogen-bond donors (Lipinski definition) is 1. The lowest BCUT2D eigenvalue weighted by Gasteiger charge is -2.24. The van der Waals surface area contributed by atoms with Gasteiger partial charge in [0.25, 0.3) is 0 Å². The number of nitrogens with two attached hydrogens (primary N) is 1. The molecule has 5 nitrogen and oxygen atoms in total. The molecule has 0 unspecified atom stereocenters. The lowest BCUT2D eigenvalue weighted by molar-refractivity contribution is 0.155. The maximum atomic E-state index is 12.1. The van der Waals surface area contributed by atoms with Gasteiger partial charge in [0.2, 0.25) is 10.0 Å². The van der Waals surface area contributed by atoms with E-state index in [4.69, 9.17) is 10.5 Å². The molecule has 0 atom stereocenters. The average molecular weight is 298 g/mol. The molecule has 0 aromatic heterocycles. The van der Waals surface area contributed by atoms with E-state index in [1.807, 2.05) is 0 Å². The molecule has 20 heavy (non-hydrogen) atoms. The van der Waals surface area contributed by atoms with Gasteiger partial charge in [-0.3, -0.25) is 0 Å². The van der Waals surface area contributed by atoms with Gasteiger partial charge in [0, 0.05) is 20.2 Å². The van der Waals surface area contributed by atoms with E-state index >= 15 is 0 Å². The van der Waals surface area contributed by atoms with Gasteiger partial charge in [-0.25, -0.2) is 12.7 Å². The molecular formula is C14H22N2O3S. The largest absolute Gasteiger partial charge is 0.488 e. The molecule has 2 N–H and O–H groups in total. The number of hydrogen-bond acceptors (Lipinski definition) is 4. The first kappa shape index (κ1) is 15.1. The normalized spacial score (nSPS) is 17.4. The maximum Gasteiger partial charge on any atom is 0.242 e. The van der Waals surface area contributed by atoms with E-state index in [0.717, 1.165) is 25.7 Å². The summed E-state index contributed by atoms with van der Waals surface area (Å²) in [7, 11) is -0.445. The first-order valence-electron chi connectivity index (χ1n) is 6.90. The van der Waals surface area contributed by atoms with Crippen molar-refractivity contribution in [3.8, 4) is 5.75 Å². The summed E-state index contributed by atoms with van der Waals surface area (Å²) in [5.74, 6) is 0.472. The predicted molar refractivity (Wildman–Crippen MR) is 79.2 cm³/mol. The molecular weight excluding hydrogens is 276 g/mol. The van der Waals surface area contributed by atoms with Crippen molar-refractivity contribution >= 4 is 15.7 Å². The number of nitrogen functional groups attached to an aromatic ring is 1. The third kappa shape index (κ3) is 3.24. The maximum absolute atomic E-state index is 12.1. The number of anilines is 1. The molecule has 0 bridgehead atoms. The molecule has 1 fully saturated rings. The minimum Gasteiger partial charge on any atom is -0.488 e. The summed E-state index contributed by atoms with van der Waals surface area (Å²) in [5.41, 5.74) is 6.37. The second kappa shape index (κ2) is 6.01. The smallest absolute Gasteiger partial charge is 0.242 e. The molecule has 112 valence electrons. The van der Waals surface area contributed by atoms with E-state index in [1.165, 1.54) is 37.0 Å². The Bertz CT molecular complexity index is 564. The third-order valence-electron chi connectivity index (χ3n) is 3.61. The van der Waals surface area contributed by atoms with Crippen molar-refractivity contribution in [3.05, 3.63) is 18.2 Å². The van der Waals surface area contributed by atoms with Crippen molar-refractivity contribution in [2.24, 2.45) is 0 Å². The van der Waals surface area contributed by atoms with Crippen molar-refractivity contribution in [1.29, 1.82) is 0 Å². The van der Waals surface area contributed by atoms with Gasteiger partial charge in [-0.05, 0) is 37.8 Å². The number of nitrogens with zero attached hydrogens (tertiary/aromatic N) is 1. The van der Waals surface area contributed by atoms with E-state index in [2.05, 4.69) is 0 Å². The molecule has 0 aliphatic heterocycles. The van der Waals surface area contributed by atoms with E-state index in [-0.39, 0.29) is 11.0 Å². The van der Waals surface area contributed by atoms with Gasteiger partial charge in [0.05, 0.1) is 16.7 Å². The van der Waals surface area contributed by atoms with Crippen molar-refractivity contribution in [3.63, 3.8) is 0 Å². The third-order valence-corrected chi connectivity index (χ3v) is 5.42. The average Bonchev–Trinajstić information content (AvgIpc) is 2.42. The fourth-order valence-corrected chi connectivity index (χ4v) is 3.27. The fourth-order valence-electron chi connectivity index (χ4n) is 2.35. The second-order valence-electron chi connectivity index (χ2n) is 5.36. The summed E-state index contributed by atoms with van der Waals surface area (Å²) in [6, 6.07) is 4.63. The van der Waals surface area contributed by atoms with E-state index in [9.17, 15) is 8.42 Å². The lowest BCUT2D eigenvalue weighted by Crippen LogP contribution is -2.23. The van der Waals surface area contributed by atoms with Crippen molar-refractivity contribution in [2.75, 3.05) is 19.8 Å². The van der Waals surface area contributed by atoms with Crippen LogP contribution in [-0.4, -0.2) is 32.9 Å². The van der Waals surface area contributed by atoms with Crippen molar-refractivity contribution in [2.45, 2.75) is 43.1 Å². The van der Waals surface area contributed by atoms with Crippen LogP contribution < -0.4 is 10.5 Å². The summed E-state index contributed by atoms with van der Waals surface area (Å²) >= 11 is 0. The highest BCUT2D eigenvalue weighted by Crippen LogP contribution is 2.30. The van der Waals surface area contributed by atoms with Crippen LogP contribution in [-0.2, 0) is 10.0 Å². The van der Waals surface area contributed by atoms with E-state index in [0.29, 0.717) is 11.4 Å². The Morgan fingerprint density at radius 2 is 1.85 bits per heavy atom. The summed E-state index contributed by atoms with van der Waals surface area (Å²) in [6.07, 6.45) is 5.70. The van der Waals surface area contributed by atoms with Gasteiger partial charge < -0.3 is 10.5 Å². The number of benzene rings is 1. The summed E-state index contributed by atoms with van der Waals surface area (Å²) in [5, 5.41) is 0. The van der Waals surface area contributed by atoms with Gasteiger partial charge in [-0.2, -0.15) is 0 Å². The minimum atomic E-state index is -3.46. The zero-order chi connectivity index (χ0) is 14.8. The van der Waals surface area contributed by atoms with E-state index in [1.54, 1.807) is 6.07 Å². The Morgan fingerprint density at radius 1 is 1.20 bits per heavy atom. The van der Waals surface area contributed by atoms with Crippen LogP contribution >= 0.6 is 0 Å². The Morgan fingerprint density at radius 3 is 2.45 bits per heavy atom. The van der Waals surface area contributed by atoms with Crippen LogP contribution in [0.2, 0.25) is 0 Å². The molecule has 0 radical (unpaired) electrons.